The molecule has 0 fully saturated rings. The van der Waals surface area contributed by atoms with E-state index in [4.69, 9.17) is 5.11 Å². The number of nitrogens with zero attached hydrogens (tertiary/aromatic N) is 1. The highest BCUT2D eigenvalue weighted by atomic mass is 19.4. The SMILES string of the molecule is OCc1nccc(F)c1OC(F)(F)F. The zero-order chi connectivity index (χ0) is 10.8. The summed E-state index contributed by atoms with van der Waals surface area (Å²) < 4.78 is 51.4. The Morgan fingerprint density at radius 1 is 1.43 bits per heavy atom. The molecule has 0 aromatic carbocycles. The average molecular weight is 211 g/mol. The van der Waals surface area contributed by atoms with E-state index < -0.39 is 30.2 Å². The lowest BCUT2D eigenvalue weighted by molar-refractivity contribution is -0.276. The number of rotatable bonds is 2. The molecule has 0 aliphatic carbocycles. The molecule has 78 valence electrons. The molecule has 0 radical (unpaired) electrons. The van der Waals surface area contributed by atoms with Crippen LogP contribution >= 0.6 is 0 Å². The molecule has 0 aliphatic rings. The monoisotopic (exact) mass is 211 g/mol. The van der Waals surface area contributed by atoms with Crippen LogP contribution in [0.5, 0.6) is 5.75 Å². The van der Waals surface area contributed by atoms with Gasteiger partial charge in [-0.05, 0) is 6.07 Å². The van der Waals surface area contributed by atoms with Gasteiger partial charge in [0.2, 0.25) is 0 Å². The van der Waals surface area contributed by atoms with Crippen molar-refractivity contribution in [2.45, 2.75) is 13.0 Å². The second-order valence-electron chi connectivity index (χ2n) is 2.27. The first-order chi connectivity index (χ1) is 6.44. The van der Waals surface area contributed by atoms with Crippen LogP contribution in [0.15, 0.2) is 12.3 Å². The van der Waals surface area contributed by atoms with E-state index in [0.29, 0.717) is 6.07 Å². The summed E-state index contributed by atoms with van der Waals surface area (Å²) in [6.07, 6.45) is -4.07. The summed E-state index contributed by atoms with van der Waals surface area (Å²) in [6.45, 7) is -0.830. The van der Waals surface area contributed by atoms with Crippen LogP contribution in [-0.4, -0.2) is 16.5 Å². The third kappa shape index (κ3) is 2.56. The standard InChI is InChI=1S/C7H5F4NO2/c8-4-1-2-12-5(3-13)6(4)14-7(9,10)11/h1-2,13H,3H2. The molecular formula is C7H5F4NO2. The van der Waals surface area contributed by atoms with Crippen molar-refractivity contribution in [3.05, 3.63) is 23.8 Å². The van der Waals surface area contributed by atoms with Crippen LogP contribution in [-0.2, 0) is 6.61 Å². The van der Waals surface area contributed by atoms with E-state index in [1.54, 1.807) is 0 Å². The van der Waals surface area contributed by atoms with Crippen molar-refractivity contribution in [1.29, 1.82) is 0 Å². The molecule has 1 rings (SSSR count). The number of hydrogen-bond donors (Lipinski definition) is 1. The number of aromatic nitrogens is 1. The fraction of sp³-hybridized carbons (Fsp3) is 0.286. The number of alkyl halides is 3. The maximum Gasteiger partial charge on any atom is 0.573 e. The third-order valence-electron chi connectivity index (χ3n) is 1.30. The smallest absolute Gasteiger partial charge is 0.401 e. The zero-order valence-corrected chi connectivity index (χ0v) is 6.68. The highest BCUT2D eigenvalue weighted by Crippen LogP contribution is 2.27. The second-order valence-corrected chi connectivity index (χ2v) is 2.27. The Morgan fingerprint density at radius 2 is 2.07 bits per heavy atom. The van der Waals surface area contributed by atoms with Crippen molar-refractivity contribution in [3.8, 4) is 5.75 Å². The average Bonchev–Trinajstić information content (AvgIpc) is 2.06. The molecule has 1 N–H and O–H groups in total. The number of hydrogen-bond acceptors (Lipinski definition) is 3. The van der Waals surface area contributed by atoms with E-state index in [0.717, 1.165) is 6.20 Å². The number of aliphatic hydroxyl groups excluding tert-OH is 1. The van der Waals surface area contributed by atoms with Crippen LogP contribution < -0.4 is 4.74 Å². The van der Waals surface area contributed by atoms with Crippen LogP contribution in [0.2, 0.25) is 0 Å². The molecule has 0 aliphatic heterocycles. The summed E-state index contributed by atoms with van der Waals surface area (Å²) in [5.41, 5.74) is -0.498. The Morgan fingerprint density at radius 3 is 2.57 bits per heavy atom. The zero-order valence-electron chi connectivity index (χ0n) is 6.68. The first kappa shape index (κ1) is 10.7. The number of ether oxygens (including phenoxy) is 1. The lowest BCUT2D eigenvalue weighted by Gasteiger charge is -2.11. The summed E-state index contributed by atoms with van der Waals surface area (Å²) in [6, 6.07) is 0.709. The van der Waals surface area contributed by atoms with Crippen LogP contribution in [0, 0.1) is 5.82 Å². The molecule has 0 bridgehead atoms. The Balaban J connectivity index is 3.05. The van der Waals surface area contributed by atoms with Gasteiger partial charge in [0.15, 0.2) is 11.6 Å². The molecule has 0 saturated carbocycles. The van der Waals surface area contributed by atoms with Gasteiger partial charge in [0.05, 0.1) is 6.61 Å². The predicted molar refractivity (Wildman–Crippen MR) is 36.8 cm³/mol. The van der Waals surface area contributed by atoms with Crippen molar-refractivity contribution in [2.24, 2.45) is 0 Å². The van der Waals surface area contributed by atoms with Gasteiger partial charge in [0.1, 0.15) is 5.69 Å². The highest BCUT2D eigenvalue weighted by Gasteiger charge is 2.33. The fourth-order valence-electron chi connectivity index (χ4n) is 0.801. The molecule has 0 atom stereocenters. The summed E-state index contributed by atoms with van der Waals surface area (Å²) in [4.78, 5) is 3.33. The van der Waals surface area contributed by atoms with Gasteiger partial charge in [0.25, 0.3) is 0 Å². The largest absolute Gasteiger partial charge is 0.573 e. The second kappa shape index (κ2) is 3.79. The number of pyridine rings is 1. The lowest BCUT2D eigenvalue weighted by Crippen LogP contribution is -2.19. The van der Waals surface area contributed by atoms with E-state index >= 15 is 0 Å². The van der Waals surface area contributed by atoms with E-state index in [1.807, 2.05) is 0 Å². The van der Waals surface area contributed by atoms with Gasteiger partial charge in [-0.15, -0.1) is 13.2 Å². The van der Waals surface area contributed by atoms with Gasteiger partial charge >= 0.3 is 6.36 Å². The first-order valence-corrected chi connectivity index (χ1v) is 3.44. The van der Waals surface area contributed by atoms with E-state index in [9.17, 15) is 17.6 Å². The van der Waals surface area contributed by atoms with Crippen molar-refractivity contribution >= 4 is 0 Å². The molecule has 0 unspecified atom stereocenters. The van der Waals surface area contributed by atoms with Gasteiger partial charge in [-0.25, -0.2) is 4.39 Å². The fourth-order valence-corrected chi connectivity index (χ4v) is 0.801. The summed E-state index contributed by atoms with van der Waals surface area (Å²) in [5, 5.41) is 8.56. The van der Waals surface area contributed by atoms with Gasteiger partial charge < -0.3 is 9.84 Å². The van der Waals surface area contributed by atoms with Gasteiger partial charge in [-0.3, -0.25) is 4.98 Å². The molecule has 7 heteroatoms. The molecule has 0 spiro atoms. The minimum atomic E-state index is -5.01. The quantitative estimate of drug-likeness (QED) is 0.755. The van der Waals surface area contributed by atoms with Gasteiger partial charge in [0, 0.05) is 6.20 Å². The number of aliphatic hydroxyl groups is 1. The van der Waals surface area contributed by atoms with Crippen molar-refractivity contribution in [3.63, 3.8) is 0 Å². The van der Waals surface area contributed by atoms with Crippen LogP contribution in [0.4, 0.5) is 17.6 Å². The van der Waals surface area contributed by atoms with Crippen molar-refractivity contribution in [1.82, 2.24) is 4.98 Å². The molecule has 0 amide bonds. The molecule has 1 aromatic rings. The summed E-state index contributed by atoms with van der Waals surface area (Å²) >= 11 is 0. The van der Waals surface area contributed by atoms with Crippen LogP contribution in [0.3, 0.4) is 0 Å². The van der Waals surface area contributed by atoms with Crippen LogP contribution in [0.25, 0.3) is 0 Å². The minimum Gasteiger partial charge on any atom is -0.401 e. The Labute approximate surface area is 76.0 Å². The molecule has 1 aromatic heterocycles. The third-order valence-corrected chi connectivity index (χ3v) is 1.30. The van der Waals surface area contributed by atoms with Crippen molar-refractivity contribution < 1.29 is 27.4 Å². The van der Waals surface area contributed by atoms with E-state index in [-0.39, 0.29) is 0 Å². The maximum atomic E-state index is 12.8. The molecule has 3 nitrogen and oxygen atoms in total. The summed E-state index contributed by atoms with van der Waals surface area (Å²) in [5.74, 6) is -2.32. The Hall–Kier alpha value is -1.37. The van der Waals surface area contributed by atoms with E-state index in [1.165, 1.54) is 0 Å². The van der Waals surface area contributed by atoms with Gasteiger partial charge in [-0.1, -0.05) is 0 Å². The summed E-state index contributed by atoms with van der Waals surface area (Å²) in [7, 11) is 0. The molecule has 14 heavy (non-hydrogen) atoms. The van der Waals surface area contributed by atoms with Crippen LogP contribution in [0.1, 0.15) is 5.69 Å². The number of halogens is 4. The van der Waals surface area contributed by atoms with Crippen molar-refractivity contribution in [2.75, 3.05) is 0 Å². The molecular weight excluding hydrogens is 206 g/mol. The maximum absolute atomic E-state index is 12.8. The highest BCUT2D eigenvalue weighted by molar-refractivity contribution is 5.28. The normalized spacial score (nSPS) is 11.5. The molecule has 0 saturated heterocycles. The minimum absolute atomic E-state index is 0.498. The first-order valence-electron chi connectivity index (χ1n) is 3.44. The predicted octanol–water partition coefficient (Wildman–Crippen LogP) is 1.61. The van der Waals surface area contributed by atoms with E-state index in [2.05, 4.69) is 9.72 Å². The Bertz CT molecular complexity index is 326. The lowest BCUT2D eigenvalue weighted by atomic mass is 10.3. The molecule has 1 heterocycles. The topological polar surface area (TPSA) is 42.4 Å². The van der Waals surface area contributed by atoms with Gasteiger partial charge in [-0.2, -0.15) is 0 Å². The Kier molecular flexibility index (Phi) is 2.90.